The maximum Gasteiger partial charge on any atom is 0.245 e. The number of likely N-dealkylation sites (tertiary alicyclic amines) is 1. The fourth-order valence-corrected chi connectivity index (χ4v) is 8.27. The minimum Gasteiger partial charge on any atom is -0.391 e. The Kier molecular flexibility index (Phi) is 28.3. The Labute approximate surface area is 446 Å². The van der Waals surface area contributed by atoms with Crippen molar-refractivity contribution in [1.82, 2.24) is 52.3 Å². The van der Waals surface area contributed by atoms with Gasteiger partial charge >= 0.3 is 0 Å². The van der Waals surface area contributed by atoms with E-state index in [1.165, 1.54) is 25.8 Å². The van der Waals surface area contributed by atoms with Gasteiger partial charge in [-0.1, -0.05) is 84.4 Å². The Morgan fingerprint density at radius 2 is 1.37 bits per heavy atom. The van der Waals surface area contributed by atoms with Crippen molar-refractivity contribution >= 4 is 71.1 Å². The van der Waals surface area contributed by atoms with E-state index in [2.05, 4.69) is 54.1 Å². The summed E-state index contributed by atoms with van der Waals surface area (Å²) in [6.45, 7) is 17.0. The van der Waals surface area contributed by atoms with E-state index in [4.69, 9.17) is 11.5 Å². The van der Waals surface area contributed by atoms with Crippen LogP contribution in [0, 0.1) is 11.8 Å². The molecule has 1 heterocycles. The number of nitrogens with one attached hydrogen (secondary N) is 8. The number of carbonyl (C=O) groups excluding carboxylic acids is 10. The zero-order valence-electron chi connectivity index (χ0n) is 45.8. The Balaban J connectivity index is 2.36. The van der Waals surface area contributed by atoms with Gasteiger partial charge in [0.1, 0.15) is 42.3 Å². The third kappa shape index (κ3) is 22.0. The van der Waals surface area contributed by atoms with Crippen LogP contribution in [0.3, 0.4) is 0 Å². The molecule has 0 aliphatic carbocycles. The number of rotatable bonds is 32. The fourth-order valence-electron chi connectivity index (χ4n) is 8.27. The molecule has 0 radical (unpaired) electrons. The summed E-state index contributed by atoms with van der Waals surface area (Å²) in [7, 11) is 1.42. The molecule has 1 saturated heterocycles. The number of nitrogens with zero attached hydrogens (tertiary/aromatic N) is 3. The number of guanidine groups is 1. The average molecular weight is 1070 g/mol. The third-order valence-electron chi connectivity index (χ3n) is 12.8. The van der Waals surface area contributed by atoms with Crippen LogP contribution < -0.4 is 54.0 Å². The zero-order valence-corrected chi connectivity index (χ0v) is 45.8. The van der Waals surface area contributed by atoms with E-state index in [1.54, 1.807) is 65.0 Å². The van der Waals surface area contributed by atoms with Crippen LogP contribution in [0.5, 0.6) is 0 Å². The number of likely N-dealkylation sites (N-methyl/N-ethyl adjacent to an activating group) is 2. The Morgan fingerprint density at radius 1 is 0.776 bits per heavy atom. The summed E-state index contributed by atoms with van der Waals surface area (Å²) >= 11 is 0. The standard InChI is InChI=1S/C52H85N13O11/c1-11-17-36(45(70)62-43(31(7)12-2)49(74)60-37(18-15-24-56-52(53)54)51(76)65-25-16-19-40(65)48(73)55-14-4)59-50(75)44(32(8)66)63-47(72)38(26-30(5)6)61-46(71)39(27-35-22-20-34(13-3)21-23-35)58-41(68)28-57-42(69)29-64(10)33(9)67/h13,20-23,30-32,36-40,43-44,66H,3,11-12,14-19,24-29H2,1-2,4-10H3,(H,55,73)(H,57,69)(H,58,68)(H,59,75)(H,60,74)(H,61,71)(H,62,70)(H,63,72)(H4,53,54,56)/t31-,32+,36-,37-,38+,39-,40-,43-,44-/m0/s1. The first-order valence-corrected chi connectivity index (χ1v) is 26.2. The van der Waals surface area contributed by atoms with Crippen molar-refractivity contribution < 1.29 is 53.1 Å². The van der Waals surface area contributed by atoms with Gasteiger partial charge in [0.05, 0.1) is 19.2 Å². The Bertz CT molecular complexity index is 2180. The van der Waals surface area contributed by atoms with E-state index >= 15 is 0 Å². The largest absolute Gasteiger partial charge is 0.391 e. The van der Waals surface area contributed by atoms with Crippen molar-refractivity contribution in [3.05, 3.63) is 42.0 Å². The normalized spacial score (nSPS) is 16.1. The first-order valence-electron chi connectivity index (χ1n) is 26.2. The van der Waals surface area contributed by atoms with E-state index in [1.807, 2.05) is 6.92 Å². The smallest absolute Gasteiger partial charge is 0.245 e. The lowest BCUT2D eigenvalue weighted by atomic mass is 9.96. The van der Waals surface area contributed by atoms with Crippen LogP contribution >= 0.6 is 0 Å². The molecule has 1 aromatic rings. The summed E-state index contributed by atoms with van der Waals surface area (Å²) < 4.78 is 0. The molecular weight excluding hydrogens is 983 g/mol. The van der Waals surface area contributed by atoms with Gasteiger partial charge in [-0.25, -0.2) is 0 Å². The number of amides is 10. The predicted molar refractivity (Wildman–Crippen MR) is 287 cm³/mol. The van der Waals surface area contributed by atoms with Crippen LogP contribution in [-0.2, 0) is 54.4 Å². The molecule has 24 heteroatoms. The van der Waals surface area contributed by atoms with Crippen molar-refractivity contribution in [2.75, 3.05) is 39.8 Å². The van der Waals surface area contributed by atoms with Crippen molar-refractivity contribution in [3.63, 3.8) is 0 Å². The number of aliphatic imine (C=N–C) groups is 1. The highest BCUT2D eigenvalue weighted by atomic mass is 16.3. The molecule has 24 nitrogen and oxygen atoms in total. The number of aliphatic hydroxyl groups is 1. The molecule has 0 spiro atoms. The van der Waals surface area contributed by atoms with E-state index in [0.717, 1.165) is 10.5 Å². The molecule has 1 aliphatic heterocycles. The summed E-state index contributed by atoms with van der Waals surface area (Å²) in [5.41, 5.74) is 12.5. The van der Waals surface area contributed by atoms with E-state index in [-0.39, 0.29) is 62.5 Å². The molecule has 424 valence electrons. The molecule has 10 amide bonds. The van der Waals surface area contributed by atoms with Crippen LogP contribution in [0.15, 0.2) is 35.8 Å². The summed E-state index contributed by atoms with van der Waals surface area (Å²) in [4.78, 5) is 141. The molecule has 1 aliphatic rings. The number of nitrogens with two attached hydrogens (primary N) is 2. The van der Waals surface area contributed by atoms with Gasteiger partial charge in [0.15, 0.2) is 5.96 Å². The molecule has 0 saturated carbocycles. The first-order chi connectivity index (χ1) is 35.9. The number of aliphatic hydroxyl groups excluding tert-OH is 1. The molecular formula is C52H85N13O11. The van der Waals surface area contributed by atoms with Crippen molar-refractivity contribution in [2.45, 2.75) is 162 Å². The molecule has 1 aromatic carbocycles. The Morgan fingerprint density at radius 3 is 1.93 bits per heavy atom. The van der Waals surface area contributed by atoms with Gasteiger partial charge < -0.3 is 68.9 Å². The molecule has 1 fully saturated rings. The number of hydrogen-bond acceptors (Lipinski definition) is 12. The number of benzene rings is 1. The van der Waals surface area contributed by atoms with Crippen LogP contribution in [0.1, 0.15) is 118 Å². The highest BCUT2D eigenvalue weighted by Crippen LogP contribution is 2.21. The summed E-state index contributed by atoms with van der Waals surface area (Å²) in [6.07, 6.45) is 2.41. The SMILES string of the molecule is C=Cc1ccc(C[C@H](NC(=O)CNC(=O)CN(C)C(C)=O)C(=O)N[C@H](CC(C)C)C(=O)N[C@H](C(=O)N[C@@H](CCC)C(=O)N[C@H](C(=O)N[C@@H](CCCN=C(N)N)C(=O)N2CCC[C@H]2C(=O)NCC)[C@@H](C)CC)[C@@H](C)O)cc1. The monoisotopic (exact) mass is 1070 g/mol. The van der Waals surface area contributed by atoms with Crippen LogP contribution in [-0.4, -0.2) is 168 Å². The molecule has 0 unspecified atom stereocenters. The summed E-state index contributed by atoms with van der Waals surface area (Å²) in [6, 6.07) is -1.54. The van der Waals surface area contributed by atoms with Crippen LogP contribution in [0.2, 0.25) is 0 Å². The minimum atomic E-state index is -1.65. The van der Waals surface area contributed by atoms with E-state index < -0.39 is 108 Å². The molecule has 9 atom stereocenters. The topological polar surface area (TPSA) is 358 Å². The van der Waals surface area contributed by atoms with E-state index in [9.17, 15) is 53.1 Å². The molecule has 2 rings (SSSR count). The van der Waals surface area contributed by atoms with Crippen molar-refractivity contribution in [2.24, 2.45) is 28.3 Å². The van der Waals surface area contributed by atoms with Gasteiger partial charge in [0, 0.05) is 40.0 Å². The second-order valence-electron chi connectivity index (χ2n) is 19.7. The second kappa shape index (κ2) is 33.0. The lowest BCUT2D eigenvalue weighted by Crippen LogP contribution is -2.62. The molecule has 0 bridgehead atoms. The lowest BCUT2D eigenvalue weighted by Gasteiger charge is -2.31. The lowest BCUT2D eigenvalue weighted by molar-refractivity contribution is -0.142. The predicted octanol–water partition coefficient (Wildman–Crippen LogP) is -1.17. The maximum atomic E-state index is 14.2. The van der Waals surface area contributed by atoms with Crippen molar-refractivity contribution in [1.29, 1.82) is 0 Å². The maximum absolute atomic E-state index is 14.2. The highest BCUT2D eigenvalue weighted by Gasteiger charge is 2.40. The second-order valence-corrected chi connectivity index (χ2v) is 19.7. The van der Waals surface area contributed by atoms with Crippen LogP contribution in [0.25, 0.3) is 6.08 Å². The third-order valence-corrected chi connectivity index (χ3v) is 12.8. The zero-order chi connectivity index (χ0) is 57.2. The number of hydrogen-bond donors (Lipinski definition) is 11. The Hall–Kier alpha value is -7.11. The van der Waals surface area contributed by atoms with Gasteiger partial charge in [-0.15, -0.1) is 0 Å². The molecule has 13 N–H and O–H groups in total. The van der Waals surface area contributed by atoms with Gasteiger partial charge in [-0.2, -0.15) is 0 Å². The first kappa shape index (κ1) is 65.0. The van der Waals surface area contributed by atoms with Gasteiger partial charge in [-0.3, -0.25) is 52.9 Å². The van der Waals surface area contributed by atoms with Gasteiger partial charge in [0.2, 0.25) is 59.1 Å². The van der Waals surface area contributed by atoms with Crippen molar-refractivity contribution in [3.8, 4) is 0 Å². The fraction of sp³-hybridized carbons (Fsp3) is 0.635. The average Bonchev–Trinajstić information content (AvgIpc) is 3.86. The van der Waals surface area contributed by atoms with Gasteiger partial charge in [0.25, 0.3) is 0 Å². The van der Waals surface area contributed by atoms with Gasteiger partial charge in [-0.05, 0) is 75.3 Å². The quantitative estimate of drug-likeness (QED) is 0.0231. The molecule has 76 heavy (non-hydrogen) atoms. The summed E-state index contributed by atoms with van der Waals surface area (Å²) in [5, 5.41) is 32.1. The van der Waals surface area contributed by atoms with E-state index in [0.29, 0.717) is 50.8 Å². The number of carbonyl (C=O) groups is 10. The molecule has 0 aromatic heterocycles. The highest BCUT2D eigenvalue weighted by molar-refractivity contribution is 5.98. The minimum absolute atomic E-state index is 0.0389. The van der Waals surface area contributed by atoms with Crippen LogP contribution in [0.4, 0.5) is 0 Å². The summed E-state index contributed by atoms with van der Waals surface area (Å²) in [5.74, 6) is -7.33.